The molecule has 0 fully saturated rings. The number of esters is 3. The third-order valence-electron chi connectivity index (χ3n) is 15.7. The molecule has 0 aromatic heterocycles. The lowest BCUT2D eigenvalue weighted by atomic mass is 10.0. The Morgan fingerprint density at radius 1 is 0.272 bits per heavy atom. The van der Waals surface area contributed by atoms with Gasteiger partial charge in [-0.2, -0.15) is 0 Å². The molecule has 0 bridgehead atoms. The van der Waals surface area contributed by atoms with E-state index in [1.54, 1.807) is 0 Å². The van der Waals surface area contributed by atoms with E-state index in [2.05, 4.69) is 81.5 Å². The monoisotopic (exact) mass is 1130 g/mol. The third-order valence-corrected chi connectivity index (χ3v) is 15.7. The van der Waals surface area contributed by atoms with Gasteiger partial charge in [-0.25, -0.2) is 0 Å². The Balaban J connectivity index is 4.28. The Morgan fingerprint density at radius 3 is 0.852 bits per heavy atom. The van der Waals surface area contributed by atoms with E-state index >= 15 is 0 Å². The van der Waals surface area contributed by atoms with Crippen molar-refractivity contribution in [1.82, 2.24) is 0 Å². The summed E-state index contributed by atoms with van der Waals surface area (Å²) >= 11 is 0. The van der Waals surface area contributed by atoms with Crippen molar-refractivity contribution in [1.29, 1.82) is 0 Å². The van der Waals surface area contributed by atoms with Crippen LogP contribution in [0.15, 0.2) is 72.9 Å². The number of ether oxygens (including phenoxy) is 3. The number of carbonyl (C=O) groups excluding carboxylic acids is 3. The molecule has 81 heavy (non-hydrogen) atoms. The zero-order valence-electron chi connectivity index (χ0n) is 54.1. The molecule has 470 valence electrons. The van der Waals surface area contributed by atoms with Gasteiger partial charge in [-0.1, -0.05) is 351 Å². The van der Waals surface area contributed by atoms with Gasteiger partial charge in [-0.3, -0.25) is 14.4 Å². The van der Waals surface area contributed by atoms with Crippen LogP contribution in [0.1, 0.15) is 367 Å². The second kappa shape index (κ2) is 69.3. The van der Waals surface area contributed by atoms with Gasteiger partial charge in [0.2, 0.25) is 0 Å². The predicted molar refractivity (Wildman–Crippen MR) is 353 cm³/mol. The summed E-state index contributed by atoms with van der Waals surface area (Å²) in [6, 6.07) is 0. The Morgan fingerprint density at radius 2 is 0.531 bits per heavy atom. The van der Waals surface area contributed by atoms with E-state index in [0.717, 1.165) is 70.6 Å². The molecule has 0 saturated heterocycles. The van der Waals surface area contributed by atoms with Crippen LogP contribution in [-0.2, 0) is 28.6 Å². The minimum atomic E-state index is -0.814. The summed E-state index contributed by atoms with van der Waals surface area (Å²) in [7, 11) is 0. The average molecular weight is 1130 g/mol. The van der Waals surface area contributed by atoms with E-state index in [0.29, 0.717) is 12.8 Å². The largest absolute Gasteiger partial charge is 0.462 e. The fraction of sp³-hybridized carbons (Fsp3) is 0.800. The zero-order valence-corrected chi connectivity index (χ0v) is 54.1. The molecule has 0 amide bonds. The lowest BCUT2D eigenvalue weighted by Crippen LogP contribution is -2.30. The summed E-state index contributed by atoms with van der Waals surface area (Å²) in [5, 5.41) is 0. The highest BCUT2D eigenvalue weighted by Crippen LogP contribution is 2.18. The van der Waals surface area contributed by atoms with Crippen molar-refractivity contribution in [3.8, 4) is 0 Å². The first-order valence-corrected chi connectivity index (χ1v) is 35.4. The van der Waals surface area contributed by atoms with E-state index in [-0.39, 0.29) is 31.6 Å². The van der Waals surface area contributed by atoms with Crippen LogP contribution in [0.4, 0.5) is 0 Å². The van der Waals surface area contributed by atoms with Gasteiger partial charge in [0.15, 0.2) is 6.10 Å². The van der Waals surface area contributed by atoms with E-state index in [9.17, 15) is 14.4 Å². The quantitative estimate of drug-likeness (QED) is 0.0261. The van der Waals surface area contributed by atoms with Gasteiger partial charge in [0.05, 0.1) is 6.42 Å². The molecule has 0 radical (unpaired) electrons. The Kier molecular flexibility index (Phi) is 66.6. The Hall–Kier alpha value is -3.15. The molecule has 0 rings (SSSR count). The SMILES string of the molecule is CC/C=C\C/C=C\C/C=C\C/C=C\C/C=C\CC(=O)OCC(COC(=O)CCCCCCCCCCCCCCCCCCC/C=C\CCCCCCCCCC)OC(=O)CCCCCCCCCCCCCCCCCCCCC. The Labute approximate surface area is 503 Å². The van der Waals surface area contributed by atoms with E-state index in [1.165, 1.54) is 257 Å². The fourth-order valence-electron chi connectivity index (χ4n) is 10.5. The van der Waals surface area contributed by atoms with Crippen molar-refractivity contribution in [2.24, 2.45) is 0 Å². The van der Waals surface area contributed by atoms with Crippen molar-refractivity contribution >= 4 is 17.9 Å². The molecule has 0 aromatic carbocycles. The predicted octanol–water partition coefficient (Wildman–Crippen LogP) is 24.4. The number of hydrogen-bond donors (Lipinski definition) is 0. The molecule has 0 aliphatic carbocycles. The maximum Gasteiger partial charge on any atom is 0.309 e. The molecule has 0 N–H and O–H groups in total. The molecule has 0 aliphatic rings. The van der Waals surface area contributed by atoms with Crippen molar-refractivity contribution < 1.29 is 28.6 Å². The molecular weight excluding hydrogens is 997 g/mol. The van der Waals surface area contributed by atoms with E-state index in [4.69, 9.17) is 14.2 Å². The molecule has 0 spiro atoms. The normalized spacial score (nSPS) is 12.5. The zero-order chi connectivity index (χ0) is 58.5. The number of rotatable bonds is 65. The summed E-state index contributed by atoms with van der Waals surface area (Å²) < 4.78 is 16.9. The number of carbonyl (C=O) groups is 3. The summed E-state index contributed by atoms with van der Waals surface area (Å²) in [4.78, 5) is 38.3. The molecule has 1 atom stereocenters. The molecule has 0 saturated carbocycles. The lowest BCUT2D eigenvalue weighted by molar-refractivity contribution is -0.166. The smallest absolute Gasteiger partial charge is 0.309 e. The van der Waals surface area contributed by atoms with Gasteiger partial charge in [0, 0.05) is 12.8 Å². The van der Waals surface area contributed by atoms with Gasteiger partial charge in [0.1, 0.15) is 13.2 Å². The van der Waals surface area contributed by atoms with Crippen molar-refractivity contribution in [3.63, 3.8) is 0 Å². The number of allylic oxidation sites excluding steroid dienone is 11. The first-order chi connectivity index (χ1) is 40.0. The van der Waals surface area contributed by atoms with Crippen LogP contribution in [0.2, 0.25) is 0 Å². The highest BCUT2D eigenvalue weighted by molar-refractivity contribution is 5.72. The average Bonchev–Trinajstić information content (AvgIpc) is 3.47. The van der Waals surface area contributed by atoms with E-state index in [1.807, 2.05) is 12.2 Å². The lowest BCUT2D eigenvalue weighted by Gasteiger charge is -2.18. The molecular formula is C75H134O6. The highest BCUT2D eigenvalue weighted by Gasteiger charge is 2.19. The van der Waals surface area contributed by atoms with Gasteiger partial charge >= 0.3 is 17.9 Å². The molecule has 1 unspecified atom stereocenters. The van der Waals surface area contributed by atoms with E-state index < -0.39 is 12.1 Å². The highest BCUT2D eigenvalue weighted by atomic mass is 16.6. The Bertz CT molecular complexity index is 1490. The van der Waals surface area contributed by atoms with Gasteiger partial charge < -0.3 is 14.2 Å². The van der Waals surface area contributed by atoms with Crippen LogP contribution in [0.3, 0.4) is 0 Å². The molecule has 6 heteroatoms. The maximum atomic E-state index is 12.9. The second-order valence-electron chi connectivity index (χ2n) is 23.8. The standard InChI is InChI=1S/C75H134O6/c1-4-7-10-13-16-19-22-25-28-30-32-33-34-35-36-37-38-39-40-41-43-44-47-50-53-56-59-62-65-68-74(77)80-71-72(70-79-73(76)67-64-61-58-55-52-49-46-27-24-21-18-15-12-9-6-3)81-75(78)69-66-63-60-57-54-51-48-45-42-31-29-26-23-20-17-14-11-8-5-2/h9,12,18,21,27,30,32,46,52,55,61,64,72H,4-8,10-11,13-17,19-20,22-26,28-29,31,33-45,47-51,53-54,56-60,62-63,65-71H2,1-3H3/b12-9-,21-18-,32-30-,46-27-,55-52-,64-61-. The third kappa shape index (κ3) is 67.5. The first kappa shape index (κ1) is 77.9. The summed E-state index contributed by atoms with van der Waals surface area (Å²) in [5.41, 5.74) is 0. The van der Waals surface area contributed by atoms with Crippen molar-refractivity contribution in [2.45, 2.75) is 374 Å². The topological polar surface area (TPSA) is 78.9 Å². The van der Waals surface area contributed by atoms with Crippen LogP contribution in [0.5, 0.6) is 0 Å². The summed E-state index contributed by atoms with van der Waals surface area (Å²) in [5.74, 6) is -1.01. The van der Waals surface area contributed by atoms with Gasteiger partial charge in [-0.15, -0.1) is 0 Å². The second-order valence-corrected chi connectivity index (χ2v) is 23.8. The molecule has 0 heterocycles. The summed E-state index contributed by atoms with van der Waals surface area (Å²) in [6.07, 6.45) is 91.1. The fourth-order valence-corrected chi connectivity index (χ4v) is 10.5. The first-order valence-electron chi connectivity index (χ1n) is 35.4. The van der Waals surface area contributed by atoms with Crippen LogP contribution >= 0.6 is 0 Å². The summed E-state index contributed by atoms with van der Waals surface area (Å²) in [6.45, 7) is 6.50. The maximum absolute atomic E-state index is 12.9. The van der Waals surface area contributed by atoms with Crippen molar-refractivity contribution in [3.05, 3.63) is 72.9 Å². The van der Waals surface area contributed by atoms with Gasteiger partial charge in [-0.05, 0) is 70.6 Å². The molecule has 6 nitrogen and oxygen atoms in total. The minimum Gasteiger partial charge on any atom is -0.462 e. The van der Waals surface area contributed by atoms with Gasteiger partial charge in [0.25, 0.3) is 0 Å². The van der Waals surface area contributed by atoms with Crippen LogP contribution in [0.25, 0.3) is 0 Å². The molecule has 0 aliphatic heterocycles. The van der Waals surface area contributed by atoms with Crippen LogP contribution in [-0.4, -0.2) is 37.2 Å². The number of hydrogen-bond acceptors (Lipinski definition) is 6. The molecule has 0 aromatic rings. The minimum absolute atomic E-state index is 0.101. The van der Waals surface area contributed by atoms with Crippen LogP contribution in [0, 0.1) is 0 Å². The van der Waals surface area contributed by atoms with Crippen LogP contribution < -0.4 is 0 Å². The van der Waals surface area contributed by atoms with Crippen molar-refractivity contribution in [2.75, 3.05) is 13.2 Å². The number of unbranched alkanes of at least 4 members (excludes halogenated alkanes) is 43.